The van der Waals surface area contributed by atoms with Crippen LogP contribution >= 0.6 is 21.6 Å². The molecule has 2 aliphatic carbocycles. The number of benzene rings is 2. The molecule has 0 radical (unpaired) electrons. The van der Waals surface area contributed by atoms with Crippen molar-refractivity contribution in [2.45, 2.75) is 102 Å². The predicted octanol–water partition coefficient (Wildman–Crippen LogP) is 4.77. The van der Waals surface area contributed by atoms with Gasteiger partial charge >= 0.3 is 5.97 Å². The number of rotatable bonds is 7. The van der Waals surface area contributed by atoms with Crippen molar-refractivity contribution in [2.24, 2.45) is 28.6 Å². The van der Waals surface area contributed by atoms with Crippen LogP contribution in [-0.4, -0.2) is 116 Å². The Labute approximate surface area is 322 Å². The number of hydrogen-bond acceptors (Lipinski definition) is 14. The quantitative estimate of drug-likeness (QED) is 0.114. The molecule has 298 valence electrons. The van der Waals surface area contributed by atoms with Crippen molar-refractivity contribution in [3.8, 4) is 17.2 Å². The summed E-state index contributed by atoms with van der Waals surface area (Å²) in [5.74, 6) is -1.58. The zero-order valence-corrected chi connectivity index (χ0v) is 32.3. The maximum atomic E-state index is 12.5. The number of phenols is 2. The number of hydrogen-bond donors (Lipinski definition) is 7. The molecule has 0 bridgehead atoms. The minimum absolute atomic E-state index is 0.0464. The Balaban J connectivity index is 1.24. The SMILES string of the molecule is CC(=O)c1c(C)c(O)c2cc(C(=O)O)cc(O[C@H]3O[C@H](CO)[C@@]4(CC[C@H]5CC6(CCCC6)C[C@@H]6COC[C@](CCO)(CSSCO4)[C@H]56)[C@H](O)[C@H]3O)c2c1O. The van der Waals surface area contributed by atoms with Crippen LogP contribution in [0, 0.1) is 35.5 Å². The van der Waals surface area contributed by atoms with Gasteiger partial charge in [0.05, 0.1) is 29.7 Å². The summed E-state index contributed by atoms with van der Waals surface area (Å²) in [6, 6.07) is 2.21. The van der Waals surface area contributed by atoms with Crippen LogP contribution in [0.3, 0.4) is 0 Å². The second-order valence-corrected chi connectivity index (χ2v) is 18.7. The lowest BCUT2D eigenvalue weighted by Crippen LogP contribution is -2.69. The maximum Gasteiger partial charge on any atom is 0.335 e. The summed E-state index contributed by atoms with van der Waals surface area (Å²) < 4.78 is 25.2. The van der Waals surface area contributed by atoms with Gasteiger partial charge in [-0.1, -0.05) is 34.4 Å². The van der Waals surface area contributed by atoms with E-state index in [2.05, 4.69) is 0 Å². The van der Waals surface area contributed by atoms with Gasteiger partial charge in [0.2, 0.25) is 6.29 Å². The van der Waals surface area contributed by atoms with E-state index in [1.807, 2.05) is 0 Å². The van der Waals surface area contributed by atoms with E-state index in [1.165, 1.54) is 37.5 Å². The zero-order valence-electron chi connectivity index (χ0n) is 30.7. The fourth-order valence-electron chi connectivity index (χ4n) is 11.0. The first-order valence-corrected chi connectivity index (χ1v) is 21.4. The summed E-state index contributed by atoms with van der Waals surface area (Å²) in [5, 5.41) is 77.0. The summed E-state index contributed by atoms with van der Waals surface area (Å²) >= 11 is 0. The molecule has 2 aromatic carbocycles. The summed E-state index contributed by atoms with van der Waals surface area (Å²) in [5.41, 5.74) is -2.05. The number of carboxylic acids is 1. The molecular formula is C39H52O13S2. The van der Waals surface area contributed by atoms with Crippen molar-refractivity contribution in [2.75, 3.05) is 38.1 Å². The van der Waals surface area contributed by atoms with Crippen molar-refractivity contribution >= 4 is 44.1 Å². The zero-order chi connectivity index (χ0) is 38.6. The van der Waals surface area contributed by atoms with E-state index in [0.29, 0.717) is 32.0 Å². The average Bonchev–Trinajstić information content (AvgIpc) is 3.57. The number of carbonyl (C=O) groups is 2. The number of aromatic carboxylic acids is 1. The third kappa shape index (κ3) is 6.78. The van der Waals surface area contributed by atoms with Crippen LogP contribution in [0.5, 0.6) is 17.2 Å². The number of aliphatic hydroxyl groups is 4. The van der Waals surface area contributed by atoms with Crippen LogP contribution in [0.2, 0.25) is 0 Å². The van der Waals surface area contributed by atoms with Crippen LogP contribution in [-0.2, 0) is 14.2 Å². The Hall–Kier alpha value is -2.34. The van der Waals surface area contributed by atoms with Gasteiger partial charge in [-0.15, -0.1) is 0 Å². The van der Waals surface area contributed by atoms with Gasteiger partial charge in [-0.05, 0) is 94.1 Å². The molecule has 3 heterocycles. The van der Waals surface area contributed by atoms with E-state index in [9.17, 15) is 45.3 Å². The third-order valence-electron chi connectivity index (χ3n) is 13.3. The highest BCUT2D eigenvalue weighted by Gasteiger charge is 2.60. The number of ether oxygens (including phenoxy) is 4. The lowest BCUT2D eigenvalue weighted by Gasteiger charge is -2.58. The van der Waals surface area contributed by atoms with E-state index in [4.69, 9.17) is 18.9 Å². The fraction of sp³-hybridized carbons (Fsp3) is 0.692. The number of fused-ring (bicyclic) bond motifs is 1. The summed E-state index contributed by atoms with van der Waals surface area (Å²) in [7, 11) is 3.08. The first-order chi connectivity index (χ1) is 25.8. The summed E-state index contributed by atoms with van der Waals surface area (Å²) in [6.07, 6.45) is 2.01. The van der Waals surface area contributed by atoms with E-state index in [-0.39, 0.29) is 74.8 Å². The summed E-state index contributed by atoms with van der Waals surface area (Å²) in [6.45, 7) is 3.32. The second-order valence-electron chi connectivity index (χ2n) is 16.3. The number of aromatic hydroxyl groups is 2. The fourth-order valence-corrected chi connectivity index (χ4v) is 13.4. The number of Topliss-reactive ketones (excluding diaryl/α,β-unsaturated/α-hetero) is 1. The molecule has 2 aromatic rings. The molecule has 13 nitrogen and oxygen atoms in total. The first-order valence-electron chi connectivity index (χ1n) is 18.9. The molecule has 5 aliphatic rings. The lowest BCUT2D eigenvalue weighted by molar-refractivity contribution is -0.323. The van der Waals surface area contributed by atoms with Gasteiger partial charge < -0.3 is 54.7 Å². The van der Waals surface area contributed by atoms with Crippen LogP contribution in [0.15, 0.2) is 12.1 Å². The van der Waals surface area contributed by atoms with Gasteiger partial charge in [0, 0.05) is 35.3 Å². The Morgan fingerprint density at radius 2 is 1.76 bits per heavy atom. The van der Waals surface area contributed by atoms with Gasteiger partial charge in [-0.2, -0.15) is 0 Å². The maximum absolute atomic E-state index is 12.5. The highest BCUT2D eigenvalue weighted by atomic mass is 33.1. The van der Waals surface area contributed by atoms with Crippen molar-refractivity contribution in [1.29, 1.82) is 0 Å². The van der Waals surface area contributed by atoms with E-state index < -0.39 is 60.1 Å². The van der Waals surface area contributed by atoms with Gasteiger partial charge in [-0.25, -0.2) is 4.79 Å². The van der Waals surface area contributed by atoms with Crippen LogP contribution in [0.1, 0.15) is 91.0 Å². The molecular weight excluding hydrogens is 741 g/mol. The smallest absolute Gasteiger partial charge is 0.335 e. The van der Waals surface area contributed by atoms with Crippen molar-refractivity contribution < 1.29 is 64.3 Å². The predicted molar refractivity (Wildman–Crippen MR) is 201 cm³/mol. The molecule has 0 unspecified atom stereocenters. The molecule has 15 heteroatoms. The van der Waals surface area contributed by atoms with Gasteiger partial charge in [0.1, 0.15) is 47.1 Å². The molecule has 7 N–H and O–H groups in total. The molecule has 2 spiro atoms. The standard InChI is InChI=1S/C39H52O13S2/c1-20-28(21(2)42)32(44)29-25(31(20)43)11-23(35(47)48)12-26(29)51-36-33(45)34(46)39(27(15-41)52-36)8-5-22-13-37(6-3-4-7-37)14-24-16-49-17-38(9-10-40,30(22)24)18-53-54-19-50-39/h11-12,22,24,27,30,33-34,36,40-41,43-46H,3-10,13-19H2,1-2H3,(H,47,48)/t22-,24+,27+,30+,33+,34+,36-,38+,39-/m0/s1. The molecule has 3 aliphatic heterocycles. The van der Waals surface area contributed by atoms with Crippen LogP contribution in [0.25, 0.3) is 10.8 Å². The highest BCUT2D eigenvalue weighted by Crippen LogP contribution is 2.62. The minimum atomic E-state index is -1.77. The largest absolute Gasteiger partial charge is 0.507 e. The Morgan fingerprint density at radius 1 is 1.02 bits per heavy atom. The van der Waals surface area contributed by atoms with Gasteiger partial charge in [0.25, 0.3) is 0 Å². The molecule has 9 atom stereocenters. The number of phenolic OH excluding ortho intramolecular Hbond substituents is 2. The molecule has 5 fully saturated rings. The molecule has 7 rings (SSSR count). The minimum Gasteiger partial charge on any atom is -0.507 e. The Bertz CT molecular complexity index is 1740. The van der Waals surface area contributed by atoms with Crippen molar-refractivity contribution in [1.82, 2.24) is 0 Å². The third-order valence-corrected chi connectivity index (χ3v) is 15.6. The summed E-state index contributed by atoms with van der Waals surface area (Å²) in [4.78, 5) is 24.7. The van der Waals surface area contributed by atoms with Gasteiger partial charge in [0.15, 0.2) is 5.78 Å². The normalized spacial score (nSPS) is 35.4. The molecule has 0 amide bonds. The number of ketones is 1. The first kappa shape index (κ1) is 39.9. The second kappa shape index (κ2) is 15.5. The molecule has 3 saturated heterocycles. The lowest BCUT2D eigenvalue weighted by atomic mass is 9.51. The molecule has 54 heavy (non-hydrogen) atoms. The molecule has 2 saturated carbocycles. The topological polar surface area (TPSA) is 213 Å². The van der Waals surface area contributed by atoms with Crippen LogP contribution in [0.4, 0.5) is 0 Å². The van der Waals surface area contributed by atoms with Crippen LogP contribution < -0.4 is 4.74 Å². The monoisotopic (exact) mass is 792 g/mol. The Kier molecular flexibility index (Phi) is 11.5. The Morgan fingerprint density at radius 3 is 2.44 bits per heavy atom. The van der Waals surface area contributed by atoms with Crippen molar-refractivity contribution in [3.63, 3.8) is 0 Å². The van der Waals surface area contributed by atoms with Crippen molar-refractivity contribution in [3.05, 3.63) is 28.8 Å². The number of carboxylic acid groups (broad SMARTS) is 1. The van der Waals surface area contributed by atoms with Gasteiger partial charge in [-0.3, -0.25) is 4.79 Å². The number of carbonyl (C=O) groups excluding carboxylic acids is 1. The highest BCUT2D eigenvalue weighted by molar-refractivity contribution is 8.76. The van der Waals surface area contributed by atoms with E-state index in [1.54, 1.807) is 10.8 Å². The van der Waals surface area contributed by atoms with E-state index in [0.717, 1.165) is 43.6 Å². The molecule has 0 aromatic heterocycles. The number of aliphatic hydroxyl groups excluding tert-OH is 4. The average molecular weight is 793 g/mol. The van der Waals surface area contributed by atoms with E-state index >= 15 is 0 Å².